The lowest BCUT2D eigenvalue weighted by molar-refractivity contribution is 0.666. The van der Waals surface area contributed by atoms with E-state index in [0.29, 0.717) is 6.54 Å². The van der Waals surface area contributed by atoms with Crippen molar-refractivity contribution in [2.24, 2.45) is 7.05 Å². The smallest absolute Gasteiger partial charge is 0.137 e. The second-order valence-corrected chi connectivity index (χ2v) is 2.48. The molecule has 2 heterocycles. The summed E-state index contributed by atoms with van der Waals surface area (Å²) in [6.07, 6.45) is 4.99. The molecule has 2 aromatic rings. The van der Waals surface area contributed by atoms with E-state index in [1.165, 1.54) is 6.33 Å². The van der Waals surface area contributed by atoms with Crippen molar-refractivity contribution in [3.8, 4) is 0 Å². The molecule has 0 aliphatic carbocycles. The summed E-state index contributed by atoms with van der Waals surface area (Å²) in [4.78, 5) is 3.82. The van der Waals surface area contributed by atoms with Crippen LogP contribution in [0.3, 0.4) is 0 Å². The number of aryl methyl sites for hydroxylation is 1. The Morgan fingerprint density at radius 3 is 3.00 bits per heavy atom. The molecule has 0 unspecified atom stereocenters. The summed E-state index contributed by atoms with van der Waals surface area (Å²) >= 11 is 0. The molecule has 2 rings (SSSR count). The van der Waals surface area contributed by atoms with E-state index >= 15 is 0 Å². The lowest BCUT2D eigenvalue weighted by Gasteiger charge is -1.92. The van der Waals surface area contributed by atoms with Crippen LogP contribution in [0.5, 0.6) is 0 Å². The number of hydrogen-bond acceptors (Lipinski definition) is 4. The predicted molar refractivity (Wildman–Crippen MR) is 40.1 cm³/mol. The fourth-order valence-corrected chi connectivity index (χ4v) is 0.948. The third kappa shape index (κ3) is 1.31. The maximum absolute atomic E-state index is 3.95. The maximum atomic E-state index is 3.95. The number of hydrogen-bond donors (Lipinski definition) is 0. The van der Waals surface area contributed by atoms with Crippen molar-refractivity contribution in [1.82, 2.24) is 29.8 Å². The molecule has 0 saturated carbocycles. The van der Waals surface area contributed by atoms with Gasteiger partial charge in [-0.3, -0.25) is 4.68 Å². The first-order chi connectivity index (χ1) is 5.84. The number of rotatable bonds is 2. The number of nitrogens with zero attached hydrogens (tertiary/aromatic N) is 6. The molecule has 0 aliphatic heterocycles. The van der Waals surface area contributed by atoms with E-state index in [9.17, 15) is 0 Å². The zero-order valence-corrected chi connectivity index (χ0v) is 6.62. The van der Waals surface area contributed by atoms with E-state index in [-0.39, 0.29) is 0 Å². The van der Waals surface area contributed by atoms with Crippen molar-refractivity contribution in [1.29, 1.82) is 0 Å². The fraction of sp³-hybridized carbons (Fsp3) is 0.333. The van der Waals surface area contributed by atoms with E-state index in [1.807, 2.05) is 13.2 Å². The lowest BCUT2D eigenvalue weighted by Crippen LogP contribution is -1.99. The highest BCUT2D eigenvalue weighted by Gasteiger charge is 1.98. The van der Waals surface area contributed by atoms with Crippen molar-refractivity contribution in [3.63, 3.8) is 0 Å². The van der Waals surface area contributed by atoms with Crippen LogP contribution in [0.4, 0.5) is 0 Å². The molecular formula is C6H8N6. The van der Waals surface area contributed by atoms with Gasteiger partial charge in [0.1, 0.15) is 18.3 Å². The fourth-order valence-electron chi connectivity index (χ4n) is 0.948. The molecular weight excluding hydrogens is 156 g/mol. The van der Waals surface area contributed by atoms with Crippen molar-refractivity contribution < 1.29 is 0 Å². The first kappa shape index (κ1) is 6.96. The van der Waals surface area contributed by atoms with Gasteiger partial charge in [-0.25, -0.2) is 9.67 Å². The van der Waals surface area contributed by atoms with Crippen molar-refractivity contribution >= 4 is 0 Å². The average molecular weight is 164 g/mol. The Kier molecular flexibility index (Phi) is 1.58. The molecule has 0 atom stereocenters. The van der Waals surface area contributed by atoms with E-state index in [4.69, 9.17) is 0 Å². The van der Waals surface area contributed by atoms with Crippen molar-refractivity contribution in [2.75, 3.05) is 0 Å². The van der Waals surface area contributed by atoms with Crippen LogP contribution in [-0.2, 0) is 13.6 Å². The van der Waals surface area contributed by atoms with E-state index in [0.717, 1.165) is 5.69 Å². The second kappa shape index (κ2) is 2.72. The van der Waals surface area contributed by atoms with Gasteiger partial charge in [-0.15, -0.1) is 5.10 Å². The zero-order valence-electron chi connectivity index (χ0n) is 6.62. The predicted octanol–water partition coefficient (Wildman–Crippen LogP) is -0.545. The number of aromatic nitrogens is 6. The van der Waals surface area contributed by atoms with Crippen LogP contribution in [0.15, 0.2) is 18.9 Å². The van der Waals surface area contributed by atoms with Gasteiger partial charge >= 0.3 is 0 Å². The quantitative estimate of drug-likeness (QED) is 0.597. The average Bonchev–Trinajstić information content (AvgIpc) is 2.63. The molecule has 6 nitrogen and oxygen atoms in total. The van der Waals surface area contributed by atoms with E-state index in [2.05, 4.69) is 20.4 Å². The van der Waals surface area contributed by atoms with Gasteiger partial charge in [-0.2, -0.15) is 5.10 Å². The van der Waals surface area contributed by atoms with Crippen molar-refractivity contribution in [3.05, 3.63) is 24.5 Å². The third-order valence-corrected chi connectivity index (χ3v) is 1.44. The molecule has 0 amide bonds. The van der Waals surface area contributed by atoms with Gasteiger partial charge in [0.05, 0.1) is 6.54 Å². The SMILES string of the molecule is Cn1cc(Cn2cncn2)nn1. The van der Waals surface area contributed by atoms with Crippen LogP contribution >= 0.6 is 0 Å². The molecule has 0 N–H and O–H groups in total. The largest absolute Gasteiger partial charge is 0.255 e. The zero-order chi connectivity index (χ0) is 8.39. The standard InChI is InChI=1S/C6H8N6/c1-11-2-6(9-10-11)3-12-5-7-4-8-12/h2,4-5H,3H2,1H3. The van der Waals surface area contributed by atoms with Gasteiger partial charge in [-0.05, 0) is 0 Å². The Bertz CT molecular complexity index is 348. The highest BCUT2D eigenvalue weighted by atomic mass is 15.4. The molecule has 6 heteroatoms. The highest BCUT2D eigenvalue weighted by molar-refractivity contribution is 4.91. The summed E-state index contributed by atoms with van der Waals surface area (Å²) in [5.74, 6) is 0. The summed E-state index contributed by atoms with van der Waals surface area (Å²) in [6, 6.07) is 0. The highest BCUT2D eigenvalue weighted by Crippen LogP contribution is 1.93. The molecule has 0 spiro atoms. The molecule has 0 aliphatic rings. The Morgan fingerprint density at radius 2 is 2.42 bits per heavy atom. The Balaban J connectivity index is 2.14. The van der Waals surface area contributed by atoms with Crippen LogP contribution in [-0.4, -0.2) is 29.8 Å². The van der Waals surface area contributed by atoms with Gasteiger partial charge in [0.2, 0.25) is 0 Å². The van der Waals surface area contributed by atoms with Crippen LogP contribution in [0.2, 0.25) is 0 Å². The van der Waals surface area contributed by atoms with Gasteiger partial charge in [0, 0.05) is 13.2 Å². The van der Waals surface area contributed by atoms with Crippen LogP contribution in [0.1, 0.15) is 5.69 Å². The first-order valence-electron chi connectivity index (χ1n) is 3.52. The van der Waals surface area contributed by atoms with Crippen LogP contribution < -0.4 is 0 Å². The lowest BCUT2D eigenvalue weighted by atomic mass is 10.5. The summed E-state index contributed by atoms with van der Waals surface area (Å²) in [6.45, 7) is 0.619. The summed E-state index contributed by atoms with van der Waals surface area (Å²) in [5, 5.41) is 11.7. The van der Waals surface area contributed by atoms with Gasteiger partial charge < -0.3 is 0 Å². The van der Waals surface area contributed by atoms with Crippen molar-refractivity contribution in [2.45, 2.75) is 6.54 Å². The van der Waals surface area contributed by atoms with Crippen LogP contribution in [0.25, 0.3) is 0 Å². The van der Waals surface area contributed by atoms with E-state index in [1.54, 1.807) is 15.7 Å². The molecule has 0 radical (unpaired) electrons. The molecule has 0 saturated heterocycles. The minimum atomic E-state index is 0.619. The maximum Gasteiger partial charge on any atom is 0.137 e. The second-order valence-electron chi connectivity index (χ2n) is 2.48. The molecule has 62 valence electrons. The Labute approximate surface area is 68.8 Å². The Morgan fingerprint density at radius 1 is 1.50 bits per heavy atom. The topological polar surface area (TPSA) is 61.4 Å². The van der Waals surface area contributed by atoms with Gasteiger partial charge in [-0.1, -0.05) is 5.21 Å². The molecule has 0 fully saturated rings. The minimum absolute atomic E-state index is 0.619. The van der Waals surface area contributed by atoms with Gasteiger partial charge in [0.25, 0.3) is 0 Å². The summed E-state index contributed by atoms with van der Waals surface area (Å²) < 4.78 is 3.36. The normalized spacial score (nSPS) is 10.4. The summed E-state index contributed by atoms with van der Waals surface area (Å²) in [5.41, 5.74) is 0.878. The monoisotopic (exact) mass is 164 g/mol. The summed E-state index contributed by atoms with van der Waals surface area (Å²) in [7, 11) is 1.83. The molecule has 0 bridgehead atoms. The molecule has 12 heavy (non-hydrogen) atoms. The van der Waals surface area contributed by atoms with E-state index < -0.39 is 0 Å². The Hall–Kier alpha value is -1.72. The first-order valence-corrected chi connectivity index (χ1v) is 3.52. The van der Waals surface area contributed by atoms with Crippen LogP contribution in [0, 0.1) is 0 Å². The molecule has 0 aromatic carbocycles. The van der Waals surface area contributed by atoms with Gasteiger partial charge in [0.15, 0.2) is 0 Å². The molecule has 2 aromatic heterocycles. The minimum Gasteiger partial charge on any atom is -0.255 e. The third-order valence-electron chi connectivity index (χ3n) is 1.44.